The summed E-state index contributed by atoms with van der Waals surface area (Å²) in [4.78, 5) is 0.268. The molecule has 0 spiro atoms. The molecule has 0 aliphatic heterocycles. The minimum absolute atomic E-state index is 0.206. The molecule has 0 amide bonds. The summed E-state index contributed by atoms with van der Waals surface area (Å²) >= 11 is 3.51. The molecule has 0 aliphatic carbocycles. The Balaban J connectivity index is 1.81. The third-order valence-electron chi connectivity index (χ3n) is 4.51. The summed E-state index contributed by atoms with van der Waals surface area (Å²) in [5, 5.41) is 3.45. The van der Waals surface area contributed by atoms with Gasteiger partial charge in [0.1, 0.15) is 0 Å². The molecule has 0 bridgehead atoms. The first-order valence-corrected chi connectivity index (χ1v) is 11.3. The van der Waals surface area contributed by atoms with E-state index in [9.17, 15) is 8.42 Å². The molecule has 1 atom stereocenters. The van der Waals surface area contributed by atoms with Crippen molar-refractivity contribution in [2.45, 2.75) is 24.8 Å². The number of hydrogen-bond donors (Lipinski definition) is 2. The molecule has 0 heterocycles. The SMILES string of the molecule is Cc1ccc(S(=O)(=O)NC[C@H](Nc2ccc(Br)c(C)c2)c2ccccc2)cc1. The molecule has 0 aromatic heterocycles. The average molecular weight is 459 g/mol. The number of rotatable bonds is 7. The quantitative estimate of drug-likeness (QED) is 0.511. The fourth-order valence-corrected chi connectivity index (χ4v) is 4.16. The standard InChI is InChI=1S/C22H23BrN2O2S/c1-16-8-11-20(12-9-16)28(26,27)24-15-22(18-6-4-3-5-7-18)25-19-10-13-21(23)17(2)14-19/h3-14,22,24-25H,15H2,1-2H3/t22-/m0/s1. The van der Waals surface area contributed by atoms with Gasteiger partial charge in [0.15, 0.2) is 0 Å². The van der Waals surface area contributed by atoms with Crippen LogP contribution >= 0.6 is 15.9 Å². The normalized spacial score (nSPS) is 12.5. The third-order valence-corrected chi connectivity index (χ3v) is 6.84. The zero-order valence-corrected chi connectivity index (χ0v) is 18.2. The molecule has 6 heteroatoms. The summed E-state index contributed by atoms with van der Waals surface area (Å²) in [7, 11) is -3.58. The summed E-state index contributed by atoms with van der Waals surface area (Å²) in [6.45, 7) is 4.18. The maximum Gasteiger partial charge on any atom is 0.240 e. The van der Waals surface area contributed by atoms with Crippen molar-refractivity contribution in [3.05, 3.63) is 94.0 Å². The predicted molar refractivity (Wildman–Crippen MR) is 118 cm³/mol. The van der Waals surface area contributed by atoms with E-state index in [2.05, 4.69) is 26.0 Å². The highest BCUT2D eigenvalue weighted by molar-refractivity contribution is 9.10. The molecule has 4 nitrogen and oxygen atoms in total. The van der Waals surface area contributed by atoms with Gasteiger partial charge >= 0.3 is 0 Å². The van der Waals surface area contributed by atoms with E-state index in [0.29, 0.717) is 0 Å². The van der Waals surface area contributed by atoms with Crippen molar-refractivity contribution < 1.29 is 8.42 Å². The second kappa shape index (κ2) is 8.90. The van der Waals surface area contributed by atoms with E-state index in [-0.39, 0.29) is 17.5 Å². The summed E-state index contributed by atoms with van der Waals surface area (Å²) in [5.41, 5.74) is 4.07. The van der Waals surface area contributed by atoms with Gasteiger partial charge in [-0.2, -0.15) is 0 Å². The summed E-state index contributed by atoms with van der Waals surface area (Å²) in [6.07, 6.45) is 0. The molecular formula is C22H23BrN2O2S. The first-order chi connectivity index (χ1) is 13.3. The number of halogens is 1. The van der Waals surface area contributed by atoms with Gasteiger partial charge in [-0.05, 0) is 55.3 Å². The zero-order chi connectivity index (χ0) is 20.1. The Kier molecular flexibility index (Phi) is 6.54. The number of anilines is 1. The van der Waals surface area contributed by atoms with Gasteiger partial charge in [0.2, 0.25) is 10.0 Å². The molecule has 28 heavy (non-hydrogen) atoms. The monoisotopic (exact) mass is 458 g/mol. The van der Waals surface area contributed by atoms with Crippen LogP contribution in [0.5, 0.6) is 0 Å². The van der Waals surface area contributed by atoms with Crippen molar-refractivity contribution >= 4 is 31.6 Å². The van der Waals surface area contributed by atoms with E-state index < -0.39 is 10.0 Å². The average Bonchev–Trinajstić information content (AvgIpc) is 2.69. The molecule has 0 aliphatic rings. The Morgan fingerprint density at radius 3 is 2.25 bits per heavy atom. The van der Waals surface area contributed by atoms with Crippen molar-refractivity contribution in [3.8, 4) is 0 Å². The van der Waals surface area contributed by atoms with Gasteiger partial charge in [-0.25, -0.2) is 13.1 Å². The van der Waals surface area contributed by atoms with Crippen molar-refractivity contribution in [2.75, 3.05) is 11.9 Å². The van der Waals surface area contributed by atoms with Crippen LogP contribution in [0.1, 0.15) is 22.7 Å². The van der Waals surface area contributed by atoms with Crippen LogP contribution in [-0.2, 0) is 10.0 Å². The lowest BCUT2D eigenvalue weighted by Crippen LogP contribution is -2.31. The predicted octanol–water partition coefficient (Wildman–Crippen LogP) is 5.20. The summed E-state index contributed by atoms with van der Waals surface area (Å²) in [6, 6.07) is 22.5. The molecular weight excluding hydrogens is 436 g/mol. The van der Waals surface area contributed by atoms with Gasteiger partial charge < -0.3 is 5.32 Å². The van der Waals surface area contributed by atoms with Gasteiger partial charge in [-0.15, -0.1) is 0 Å². The van der Waals surface area contributed by atoms with E-state index in [1.807, 2.05) is 62.4 Å². The van der Waals surface area contributed by atoms with Crippen molar-refractivity contribution in [1.82, 2.24) is 4.72 Å². The van der Waals surface area contributed by atoms with E-state index in [0.717, 1.165) is 26.9 Å². The Morgan fingerprint density at radius 2 is 1.61 bits per heavy atom. The van der Waals surface area contributed by atoms with Crippen LogP contribution in [0.4, 0.5) is 5.69 Å². The van der Waals surface area contributed by atoms with E-state index in [1.54, 1.807) is 24.3 Å². The number of aryl methyl sites for hydroxylation is 2. The highest BCUT2D eigenvalue weighted by Crippen LogP contribution is 2.24. The lowest BCUT2D eigenvalue weighted by molar-refractivity contribution is 0.576. The second-order valence-electron chi connectivity index (χ2n) is 6.74. The van der Waals surface area contributed by atoms with Crippen LogP contribution in [0.25, 0.3) is 0 Å². The molecule has 2 N–H and O–H groups in total. The fourth-order valence-electron chi connectivity index (χ4n) is 2.87. The topological polar surface area (TPSA) is 58.2 Å². The molecule has 0 unspecified atom stereocenters. The fraction of sp³-hybridized carbons (Fsp3) is 0.182. The molecule has 0 saturated heterocycles. The molecule has 3 aromatic carbocycles. The van der Waals surface area contributed by atoms with Gasteiger partial charge in [-0.1, -0.05) is 64.0 Å². The largest absolute Gasteiger partial charge is 0.377 e. The Hall–Kier alpha value is -2.15. The zero-order valence-electron chi connectivity index (χ0n) is 15.8. The summed E-state index contributed by atoms with van der Waals surface area (Å²) < 4.78 is 29.1. The maximum atomic E-state index is 12.7. The Morgan fingerprint density at radius 1 is 0.929 bits per heavy atom. The second-order valence-corrected chi connectivity index (χ2v) is 9.36. The van der Waals surface area contributed by atoms with Crippen molar-refractivity contribution in [3.63, 3.8) is 0 Å². The van der Waals surface area contributed by atoms with Crippen LogP contribution in [0, 0.1) is 13.8 Å². The maximum absolute atomic E-state index is 12.7. The number of hydrogen-bond acceptors (Lipinski definition) is 3. The van der Waals surface area contributed by atoms with Crippen LogP contribution in [0.3, 0.4) is 0 Å². The van der Waals surface area contributed by atoms with Gasteiger partial charge in [-0.3, -0.25) is 0 Å². The Bertz CT molecular complexity index is 1040. The number of nitrogens with one attached hydrogen (secondary N) is 2. The smallest absolute Gasteiger partial charge is 0.240 e. The van der Waals surface area contributed by atoms with Gasteiger partial charge in [0.05, 0.1) is 10.9 Å². The van der Waals surface area contributed by atoms with E-state index >= 15 is 0 Å². The molecule has 3 aromatic rings. The third kappa shape index (κ3) is 5.22. The van der Waals surface area contributed by atoms with Crippen LogP contribution in [0.2, 0.25) is 0 Å². The lowest BCUT2D eigenvalue weighted by atomic mass is 10.1. The highest BCUT2D eigenvalue weighted by atomic mass is 79.9. The van der Waals surface area contributed by atoms with Crippen LogP contribution < -0.4 is 10.0 Å². The molecule has 0 fully saturated rings. The van der Waals surface area contributed by atoms with Gasteiger partial charge in [0.25, 0.3) is 0 Å². The van der Waals surface area contributed by atoms with Crippen LogP contribution in [0.15, 0.2) is 82.2 Å². The van der Waals surface area contributed by atoms with E-state index in [1.165, 1.54) is 0 Å². The van der Waals surface area contributed by atoms with Crippen LogP contribution in [-0.4, -0.2) is 15.0 Å². The molecule has 0 saturated carbocycles. The molecule has 3 rings (SSSR count). The minimum Gasteiger partial charge on any atom is -0.377 e. The first kappa shape index (κ1) is 20.6. The van der Waals surface area contributed by atoms with Crippen molar-refractivity contribution in [1.29, 1.82) is 0 Å². The molecule has 146 valence electrons. The number of sulfonamides is 1. The number of benzene rings is 3. The lowest BCUT2D eigenvalue weighted by Gasteiger charge is -2.21. The Labute approximate surface area is 175 Å². The summed E-state index contributed by atoms with van der Waals surface area (Å²) in [5.74, 6) is 0. The van der Waals surface area contributed by atoms with Gasteiger partial charge in [0, 0.05) is 16.7 Å². The minimum atomic E-state index is -3.58. The van der Waals surface area contributed by atoms with Crippen molar-refractivity contribution in [2.24, 2.45) is 0 Å². The first-order valence-electron chi connectivity index (χ1n) is 8.99. The highest BCUT2D eigenvalue weighted by Gasteiger charge is 2.18. The van der Waals surface area contributed by atoms with E-state index in [4.69, 9.17) is 0 Å². The molecule has 0 radical (unpaired) electrons.